The molecule has 0 bridgehead atoms. The first-order valence-electron chi connectivity index (χ1n) is 5.63. The minimum Gasteiger partial charge on any atom is -0.508 e. The van der Waals surface area contributed by atoms with E-state index in [4.69, 9.17) is 5.11 Å². The van der Waals surface area contributed by atoms with E-state index in [1.807, 2.05) is 6.08 Å². The van der Waals surface area contributed by atoms with Gasteiger partial charge in [-0.1, -0.05) is 24.3 Å². The predicted octanol–water partition coefficient (Wildman–Crippen LogP) is 3.78. The lowest BCUT2D eigenvalue weighted by atomic mass is 10.1. The molecular formula is C16H16O3. The molecule has 0 saturated heterocycles. The highest BCUT2D eigenvalue weighted by atomic mass is 16.3. The van der Waals surface area contributed by atoms with Gasteiger partial charge in [0.2, 0.25) is 0 Å². The lowest BCUT2D eigenvalue weighted by Gasteiger charge is -1.98. The van der Waals surface area contributed by atoms with E-state index in [1.54, 1.807) is 42.5 Å². The van der Waals surface area contributed by atoms with Crippen LogP contribution in [-0.4, -0.2) is 15.3 Å². The van der Waals surface area contributed by atoms with Crippen LogP contribution in [0.15, 0.2) is 55.6 Å². The zero-order valence-corrected chi connectivity index (χ0v) is 10.5. The summed E-state index contributed by atoms with van der Waals surface area (Å²) in [6.07, 6.45) is 3.60. The standard InChI is InChI=1S/C14H12O3.C2H4/c15-12-5-3-10(4-6-12)1-2-11-7-13(16)9-14(17)8-11;1-2/h1-9,15-17H;1-2H2/b2-1+;. The van der Waals surface area contributed by atoms with Crippen LogP contribution in [0.3, 0.4) is 0 Å². The number of aromatic hydroxyl groups is 3. The highest BCUT2D eigenvalue weighted by Crippen LogP contribution is 2.22. The minimum absolute atomic E-state index is 0.0235. The summed E-state index contributed by atoms with van der Waals surface area (Å²) < 4.78 is 0. The van der Waals surface area contributed by atoms with Crippen LogP contribution < -0.4 is 0 Å². The van der Waals surface area contributed by atoms with E-state index >= 15 is 0 Å². The maximum atomic E-state index is 9.30. The minimum atomic E-state index is 0.0235. The molecular weight excluding hydrogens is 240 g/mol. The van der Waals surface area contributed by atoms with Gasteiger partial charge in [0.15, 0.2) is 0 Å². The lowest BCUT2D eigenvalue weighted by molar-refractivity contribution is 0.450. The molecule has 3 heteroatoms. The molecule has 0 aliphatic rings. The van der Waals surface area contributed by atoms with Crippen LogP contribution >= 0.6 is 0 Å². The molecule has 3 nitrogen and oxygen atoms in total. The zero-order valence-electron chi connectivity index (χ0n) is 10.5. The van der Waals surface area contributed by atoms with Crippen molar-refractivity contribution in [1.29, 1.82) is 0 Å². The fourth-order valence-electron chi connectivity index (χ4n) is 1.49. The average molecular weight is 256 g/mol. The molecule has 3 N–H and O–H groups in total. The Labute approximate surface area is 112 Å². The molecule has 0 amide bonds. The molecule has 0 atom stereocenters. The Morgan fingerprint density at radius 3 is 1.63 bits per heavy atom. The molecule has 2 aromatic carbocycles. The molecule has 0 saturated carbocycles. The van der Waals surface area contributed by atoms with Crippen molar-refractivity contribution in [2.24, 2.45) is 0 Å². The molecule has 0 fully saturated rings. The Bertz CT molecular complexity index is 536. The number of benzene rings is 2. The maximum absolute atomic E-state index is 9.30. The zero-order chi connectivity index (χ0) is 14.3. The van der Waals surface area contributed by atoms with E-state index in [-0.39, 0.29) is 17.2 Å². The quantitative estimate of drug-likeness (QED) is 0.566. The summed E-state index contributed by atoms with van der Waals surface area (Å²) in [7, 11) is 0. The van der Waals surface area contributed by atoms with Crippen LogP contribution in [0.1, 0.15) is 11.1 Å². The van der Waals surface area contributed by atoms with E-state index in [0.717, 1.165) is 5.56 Å². The van der Waals surface area contributed by atoms with Gasteiger partial charge in [-0.2, -0.15) is 0 Å². The Kier molecular flexibility index (Phi) is 5.23. The summed E-state index contributed by atoms with van der Waals surface area (Å²) in [5.74, 6) is 0.267. The van der Waals surface area contributed by atoms with Crippen molar-refractivity contribution in [1.82, 2.24) is 0 Å². The number of hydrogen-bond acceptors (Lipinski definition) is 3. The van der Waals surface area contributed by atoms with Crippen molar-refractivity contribution < 1.29 is 15.3 Å². The van der Waals surface area contributed by atoms with Gasteiger partial charge in [-0.3, -0.25) is 0 Å². The summed E-state index contributed by atoms with van der Waals surface area (Å²) in [4.78, 5) is 0. The SMILES string of the molecule is C=C.Oc1ccc(/C=C/c2cc(O)cc(O)c2)cc1. The van der Waals surface area contributed by atoms with Gasteiger partial charge in [0.1, 0.15) is 17.2 Å². The molecule has 0 spiro atoms. The first-order valence-corrected chi connectivity index (χ1v) is 5.63. The predicted molar refractivity (Wildman–Crippen MR) is 78.1 cm³/mol. The van der Waals surface area contributed by atoms with Gasteiger partial charge < -0.3 is 15.3 Å². The summed E-state index contributed by atoms with van der Waals surface area (Å²) in [6, 6.07) is 11.1. The molecule has 2 rings (SSSR count). The summed E-state index contributed by atoms with van der Waals surface area (Å²) >= 11 is 0. The second-order valence-corrected chi connectivity index (χ2v) is 3.71. The van der Waals surface area contributed by atoms with Crippen LogP contribution in [-0.2, 0) is 0 Å². The highest BCUT2D eigenvalue weighted by Gasteiger charge is 1.95. The van der Waals surface area contributed by atoms with Gasteiger partial charge in [-0.25, -0.2) is 0 Å². The Morgan fingerprint density at radius 1 is 0.632 bits per heavy atom. The lowest BCUT2D eigenvalue weighted by Crippen LogP contribution is -1.74. The molecule has 0 heterocycles. The van der Waals surface area contributed by atoms with E-state index in [9.17, 15) is 10.2 Å². The van der Waals surface area contributed by atoms with Gasteiger partial charge in [-0.15, -0.1) is 13.2 Å². The maximum Gasteiger partial charge on any atom is 0.119 e. The number of hydrogen-bond donors (Lipinski definition) is 3. The van der Waals surface area contributed by atoms with E-state index in [2.05, 4.69) is 13.2 Å². The Hall–Kier alpha value is -2.68. The fraction of sp³-hybridized carbons (Fsp3) is 0. The molecule has 0 aliphatic heterocycles. The van der Waals surface area contributed by atoms with Gasteiger partial charge in [-0.05, 0) is 35.4 Å². The Balaban J connectivity index is 0.000000861. The second-order valence-electron chi connectivity index (χ2n) is 3.71. The van der Waals surface area contributed by atoms with Crippen molar-refractivity contribution in [2.75, 3.05) is 0 Å². The van der Waals surface area contributed by atoms with E-state index < -0.39 is 0 Å². The highest BCUT2D eigenvalue weighted by molar-refractivity contribution is 5.71. The topological polar surface area (TPSA) is 60.7 Å². The van der Waals surface area contributed by atoms with Crippen molar-refractivity contribution in [2.45, 2.75) is 0 Å². The van der Waals surface area contributed by atoms with Crippen molar-refractivity contribution in [3.8, 4) is 17.2 Å². The molecule has 98 valence electrons. The molecule has 0 radical (unpaired) electrons. The number of rotatable bonds is 2. The molecule has 19 heavy (non-hydrogen) atoms. The smallest absolute Gasteiger partial charge is 0.119 e. The van der Waals surface area contributed by atoms with E-state index in [0.29, 0.717) is 5.56 Å². The van der Waals surface area contributed by atoms with Crippen LogP contribution in [0.2, 0.25) is 0 Å². The normalized spacial score (nSPS) is 9.89. The summed E-state index contributed by atoms with van der Waals surface area (Å²) in [6.45, 7) is 6.00. The third-order valence-corrected chi connectivity index (χ3v) is 2.29. The van der Waals surface area contributed by atoms with Gasteiger partial charge in [0.25, 0.3) is 0 Å². The third-order valence-electron chi connectivity index (χ3n) is 2.29. The second kappa shape index (κ2) is 6.91. The molecule has 0 aliphatic carbocycles. The third kappa shape index (κ3) is 4.60. The molecule has 0 unspecified atom stereocenters. The largest absolute Gasteiger partial charge is 0.508 e. The van der Waals surface area contributed by atoms with Crippen LogP contribution in [0, 0.1) is 0 Å². The molecule has 0 aromatic heterocycles. The van der Waals surface area contributed by atoms with Gasteiger partial charge in [0, 0.05) is 6.07 Å². The first-order chi connectivity index (χ1) is 9.13. The van der Waals surface area contributed by atoms with E-state index in [1.165, 1.54) is 6.07 Å². The number of phenolic OH excluding ortho intramolecular Hbond substituents is 3. The van der Waals surface area contributed by atoms with Crippen molar-refractivity contribution in [3.63, 3.8) is 0 Å². The van der Waals surface area contributed by atoms with Crippen LogP contribution in [0.4, 0.5) is 0 Å². The van der Waals surface area contributed by atoms with Crippen LogP contribution in [0.5, 0.6) is 17.2 Å². The summed E-state index contributed by atoms with van der Waals surface area (Å²) in [5.41, 5.74) is 1.63. The van der Waals surface area contributed by atoms with Gasteiger partial charge >= 0.3 is 0 Å². The summed E-state index contributed by atoms with van der Waals surface area (Å²) in [5, 5.41) is 27.7. The average Bonchev–Trinajstić information content (AvgIpc) is 2.39. The first kappa shape index (κ1) is 14.4. The van der Waals surface area contributed by atoms with Gasteiger partial charge in [0.05, 0.1) is 0 Å². The fourth-order valence-corrected chi connectivity index (χ4v) is 1.49. The van der Waals surface area contributed by atoms with Crippen LogP contribution in [0.25, 0.3) is 12.2 Å². The molecule has 2 aromatic rings. The van der Waals surface area contributed by atoms with Crippen molar-refractivity contribution in [3.05, 3.63) is 66.7 Å². The monoisotopic (exact) mass is 256 g/mol. The Morgan fingerprint density at radius 2 is 1.11 bits per heavy atom. The number of phenols is 3. The van der Waals surface area contributed by atoms with Crippen molar-refractivity contribution >= 4 is 12.2 Å².